The first kappa shape index (κ1) is 12.1. The molecule has 0 bridgehead atoms. The molecule has 17 heavy (non-hydrogen) atoms. The normalized spacial score (nSPS) is 25.2. The standard InChI is InChI=1S/C14H17FO2/c15-13-7-2-1-6-12(13)10-4-3-5-11(9-8-10)14(16)17/h1-2,6-7,10-11H,3-5,8-9H2,(H,16,17). The van der Waals surface area contributed by atoms with Crippen LogP contribution in [-0.2, 0) is 4.79 Å². The van der Waals surface area contributed by atoms with E-state index in [-0.39, 0.29) is 17.7 Å². The van der Waals surface area contributed by atoms with Crippen LogP contribution < -0.4 is 0 Å². The van der Waals surface area contributed by atoms with Gasteiger partial charge in [-0.3, -0.25) is 4.79 Å². The molecule has 1 aliphatic rings. The Morgan fingerprint density at radius 2 is 1.94 bits per heavy atom. The van der Waals surface area contributed by atoms with Crippen molar-refractivity contribution >= 4 is 5.97 Å². The molecule has 2 unspecified atom stereocenters. The fourth-order valence-corrected chi connectivity index (χ4v) is 2.67. The Kier molecular flexibility index (Phi) is 3.77. The predicted molar refractivity (Wildman–Crippen MR) is 63.4 cm³/mol. The molecular weight excluding hydrogens is 219 g/mol. The van der Waals surface area contributed by atoms with E-state index in [1.165, 1.54) is 6.07 Å². The third-order valence-corrected chi connectivity index (χ3v) is 3.66. The second kappa shape index (κ2) is 5.30. The van der Waals surface area contributed by atoms with Gasteiger partial charge in [0, 0.05) is 0 Å². The maximum absolute atomic E-state index is 13.6. The zero-order valence-electron chi connectivity index (χ0n) is 9.73. The summed E-state index contributed by atoms with van der Waals surface area (Å²) in [5.74, 6) is -0.933. The Hall–Kier alpha value is -1.38. The molecule has 1 saturated carbocycles. The average molecular weight is 236 g/mol. The number of carboxylic acids is 1. The molecule has 3 heteroatoms. The van der Waals surface area contributed by atoms with Gasteiger partial charge in [-0.1, -0.05) is 24.6 Å². The topological polar surface area (TPSA) is 37.3 Å². The minimum Gasteiger partial charge on any atom is -0.481 e. The van der Waals surface area contributed by atoms with Crippen molar-refractivity contribution in [2.75, 3.05) is 0 Å². The Morgan fingerprint density at radius 3 is 2.65 bits per heavy atom. The van der Waals surface area contributed by atoms with Gasteiger partial charge < -0.3 is 5.11 Å². The van der Waals surface area contributed by atoms with Crippen molar-refractivity contribution < 1.29 is 14.3 Å². The fraction of sp³-hybridized carbons (Fsp3) is 0.500. The molecule has 0 spiro atoms. The molecule has 2 rings (SSSR count). The highest BCUT2D eigenvalue weighted by atomic mass is 19.1. The first-order chi connectivity index (χ1) is 8.18. The third kappa shape index (κ3) is 2.84. The zero-order chi connectivity index (χ0) is 12.3. The Morgan fingerprint density at radius 1 is 1.18 bits per heavy atom. The Labute approximate surface area is 100 Å². The van der Waals surface area contributed by atoms with Crippen LogP contribution in [0.15, 0.2) is 24.3 Å². The largest absolute Gasteiger partial charge is 0.481 e. The number of hydrogen-bond donors (Lipinski definition) is 1. The van der Waals surface area contributed by atoms with E-state index in [0.29, 0.717) is 6.42 Å². The van der Waals surface area contributed by atoms with Gasteiger partial charge in [-0.2, -0.15) is 0 Å². The highest BCUT2D eigenvalue weighted by molar-refractivity contribution is 5.69. The van der Waals surface area contributed by atoms with Crippen LogP contribution in [0.3, 0.4) is 0 Å². The van der Waals surface area contributed by atoms with Crippen molar-refractivity contribution in [1.29, 1.82) is 0 Å². The number of halogens is 1. The van der Waals surface area contributed by atoms with Crippen molar-refractivity contribution in [2.24, 2.45) is 5.92 Å². The van der Waals surface area contributed by atoms with Gasteiger partial charge in [-0.05, 0) is 43.2 Å². The summed E-state index contributed by atoms with van der Waals surface area (Å²) in [5.41, 5.74) is 0.749. The summed E-state index contributed by atoms with van der Waals surface area (Å²) in [6.07, 6.45) is 3.92. The van der Waals surface area contributed by atoms with Crippen LogP contribution in [0.4, 0.5) is 4.39 Å². The highest BCUT2D eigenvalue weighted by Gasteiger charge is 2.25. The van der Waals surface area contributed by atoms with Crippen molar-refractivity contribution in [3.05, 3.63) is 35.6 Å². The molecule has 2 nitrogen and oxygen atoms in total. The molecule has 1 fully saturated rings. The number of carbonyl (C=O) groups is 1. The van der Waals surface area contributed by atoms with Crippen LogP contribution in [0.5, 0.6) is 0 Å². The second-order valence-corrected chi connectivity index (χ2v) is 4.76. The van der Waals surface area contributed by atoms with Gasteiger partial charge >= 0.3 is 5.97 Å². The first-order valence-corrected chi connectivity index (χ1v) is 6.15. The molecular formula is C14H17FO2. The van der Waals surface area contributed by atoms with Crippen LogP contribution in [0.25, 0.3) is 0 Å². The molecule has 1 aliphatic carbocycles. The highest BCUT2D eigenvalue weighted by Crippen LogP contribution is 2.35. The van der Waals surface area contributed by atoms with Crippen molar-refractivity contribution in [2.45, 2.75) is 38.0 Å². The summed E-state index contributed by atoms with van der Waals surface area (Å²) in [7, 11) is 0. The number of carboxylic acid groups (broad SMARTS) is 1. The lowest BCUT2D eigenvalue weighted by Crippen LogP contribution is -2.12. The van der Waals surface area contributed by atoms with Gasteiger partial charge in [0.1, 0.15) is 5.82 Å². The second-order valence-electron chi connectivity index (χ2n) is 4.76. The summed E-state index contributed by atoms with van der Waals surface area (Å²) >= 11 is 0. The first-order valence-electron chi connectivity index (χ1n) is 6.15. The van der Waals surface area contributed by atoms with E-state index in [0.717, 1.165) is 31.2 Å². The van der Waals surface area contributed by atoms with Crippen LogP contribution >= 0.6 is 0 Å². The molecule has 0 saturated heterocycles. The molecule has 0 radical (unpaired) electrons. The lowest BCUT2D eigenvalue weighted by molar-refractivity contribution is -0.142. The van der Waals surface area contributed by atoms with Crippen LogP contribution in [0.1, 0.15) is 43.6 Å². The number of hydrogen-bond acceptors (Lipinski definition) is 1. The molecule has 92 valence electrons. The van der Waals surface area contributed by atoms with Gasteiger partial charge in [0.15, 0.2) is 0 Å². The van der Waals surface area contributed by atoms with E-state index in [9.17, 15) is 9.18 Å². The molecule has 1 aromatic carbocycles. The van der Waals surface area contributed by atoms with E-state index < -0.39 is 5.97 Å². The fourth-order valence-electron chi connectivity index (χ4n) is 2.67. The Bertz CT molecular complexity index is 403. The Balaban J connectivity index is 2.09. The minimum atomic E-state index is -0.709. The summed E-state index contributed by atoms with van der Waals surface area (Å²) < 4.78 is 13.6. The maximum Gasteiger partial charge on any atom is 0.306 e. The molecule has 0 aliphatic heterocycles. The zero-order valence-corrected chi connectivity index (χ0v) is 9.73. The molecule has 0 amide bonds. The lowest BCUT2D eigenvalue weighted by Gasteiger charge is -2.15. The summed E-state index contributed by atoms with van der Waals surface area (Å²) in [6, 6.07) is 6.84. The lowest BCUT2D eigenvalue weighted by atomic mass is 9.91. The van der Waals surface area contributed by atoms with Gasteiger partial charge in [0.25, 0.3) is 0 Å². The van der Waals surface area contributed by atoms with Crippen molar-refractivity contribution in [1.82, 2.24) is 0 Å². The van der Waals surface area contributed by atoms with Crippen LogP contribution in [0, 0.1) is 11.7 Å². The molecule has 1 aromatic rings. The third-order valence-electron chi connectivity index (χ3n) is 3.66. The van der Waals surface area contributed by atoms with Gasteiger partial charge in [0.2, 0.25) is 0 Å². The van der Waals surface area contributed by atoms with E-state index in [1.807, 2.05) is 12.1 Å². The van der Waals surface area contributed by atoms with Gasteiger partial charge in [-0.25, -0.2) is 4.39 Å². The van der Waals surface area contributed by atoms with E-state index in [4.69, 9.17) is 5.11 Å². The van der Waals surface area contributed by atoms with E-state index >= 15 is 0 Å². The smallest absolute Gasteiger partial charge is 0.306 e. The molecule has 0 heterocycles. The number of aliphatic carboxylic acids is 1. The van der Waals surface area contributed by atoms with Crippen LogP contribution in [0.2, 0.25) is 0 Å². The predicted octanol–water partition coefficient (Wildman–Crippen LogP) is 3.57. The molecule has 0 aromatic heterocycles. The monoisotopic (exact) mass is 236 g/mol. The average Bonchev–Trinajstić information content (AvgIpc) is 2.55. The van der Waals surface area contributed by atoms with Gasteiger partial charge in [0.05, 0.1) is 5.92 Å². The summed E-state index contributed by atoms with van der Waals surface area (Å²) in [5, 5.41) is 9.00. The van der Waals surface area contributed by atoms with E-state index in [2.05, 4.69) is 0 Å². The van der Waals surface area contributed by atoms with Crippen molar-refractivity contribution in [3.63, 3.8) is 0 Å². The summed E-state index contributed by atoms with van der Waals surface area (Å²) in [4.78, 5) is 10.9. The van der Waals surface area contributed by atoms with Crippen LogP contribution in [-0.4, -0.2) is 11.1 Å². The van der Waals surface area contributed by atoms with Crippen molar-refractivity contribution in [3.8, 4) is 0 Å². The number of benzene rings is 1. The van der Waals surface area contributed by atoms with Gasteiger partial charge in [-0.15, -0.1) is 0 Å². The van der Waals surface area contributed by atoms with E-state index in [1.54, 1.807) is 6.07 Å². The molecule has 1 N–H and O–H groups in total. The maximum atomic E-state index is 13.6. The number of rotatable bonds is 2. The molecule has 2 atom stereocenters. The SMILES string of the molecule is O=C(O)C1CCCC(c2ccccc2F)CC1. The minimum absolute atomic E-state index is 0.161. The quantitative estimate of drug-likeness (QED) is 0.797. The summed E-state index contributed by atoms with van der Waals surface area (Å²) in [6.45, 7) is 0.